The zero-order valence-electron chi connectivity index (χ0n) is 14.8. The number of hydrogen-bond donors (Lipinski definition) is 1. The van der Waals surface area contributed by atoms with E-state index in [0.29, 0.717) is 39.3 Å². The molecule has 3 aliphatic rings. The van der Waals surface area contributed by atoms with Crippen LogP contribution >= 0.6 is 0 Å². The summed E-state index contributed by atoms with van der Waals surface area (Å²) in [5.74, 6) is 0.127. The number of morpholine rings is 1. The second-order valence-corrected chi connectivity index (χ2v) is 7.57. The number of piperidine rings is 1. The van der Waals surface area contributed by atoms with Crippen LogP contribution in [0.2, 0.25) is 0 Å². The summed E-state index contributed by atoms with van der Waals surface area (Å²) in [5, 5.41) is 11.6. The van der Waals surface area contributed by atoms with E-state index in [2.05, 4.69) is 0 Å². The van der Waals surface area contributed by atoms with Gasteiger partial charge in [0, 0.05) is 31.6 Å². The Bertz CT molecular complexity index is 602. The maximum Gasteiger partial charge on any atom is 0.320 e. The minimum absolute atomic E-state index is 0.127. The van der Waals surface area contributed by atoms with Crippen LogP contribution in [0.5, 0.6) is 0 Å². The molecule has 0 unspecified atom stereocenters. The fourth-order valence-corrected chi connectivity index (χ4v) is 4.94. The standard InChI is InChI=1S/C20H28N2O3/c23-19(21-12-14-25-15-13-21)22-11-10-20(24,16-6-2-1-3-7-16)17-8-4-5-9-18(17)22/h1-3,6-7,17-18,24H,4-5,8-15H2/t17-,18-,20+/m0/s1. The zero-order valence-corrected chi connectivity index (χ0v) is 14.8. The molecule has 4 rings (SSSR count). The molecular weight excluding hydrogens is 316 g/mol. The Hall–Kier alpha value is -1.59. The Balaban J connectivity index is 1.59. The maximum absolute atomic E-state index is 13.1. The number of amides is 2. The lowest BCUT2D eigenvalue weighted by molar-refractivity contribution is -0.112. The van der Waals surface area contributed by atoms with E-state index in [1.807, 2.05) is 40.1 Å². The number of benzene rings is 1. The highest BCUT2D eigenvalue weighted by molar-refractivity contribution is 5.75. The first-order chi connectivity index (χ1) is 12.2. The average Bonchev–Trinajstić information content (AvgIpc) is 2.69. The van der Waals surface area contributed by atoms with Crippen LogP contribution in [0.25, 0.3) is 0 Å². The summed E-state index contributed by atoms with van der Waals surface area (Å²) in [6, 6.07) is 10.3. The molecule has 2 aliphatic heterocycles. The van der Waals surface area contributed by atoms with Gasteiger partial charge in [0.2, 0.25) is 0 Å². The second-order valence-electron chi connectivity index (χ2n) is 7.57. The van der Waals surface area contributed by atoms with Crippen molar-refractivity contribution in [3.05, 3.63) is 35.9 Å². The first-order valence-electron chi connectivity index (χ1n) is 9.61. The van der Waals surface area contributed by atoms with E-state index in [1.54, 1.807) is 0 Å². The summed E-state index contributed by atoms with van der Waals surface area (Å²) in [6.45, 7) is 3.23. The van der Waals surface area contributed by atoms with Gasteiger partial charge in [0.25, 0.3) is 0 Å². The number of fused-ring (bicyclic) bond motifs is 1. The van der Waals surface area contributed by atoms with Crippen molar-refractivity contribution in [2.45, 2.75) is 43.7 Å². The van der Waals surface area contributed by atoms with Crippen LogP contribution in [0.3, 0.4) is 0 Å². The Labute approximate surface area is 149 Å². The van der Waals surface area contributed by atoms with Crippen molar-refractivity contribution in [2.75, 3.05) is 32.8 Å². The Morgan fingerprint density at radius 3 is 2.56 bits per heavy atom. The van der Waals surface area contributed by atoms with Crippen LogP contribution < -0.4 is 0 Å². The molecule has 5 heteroatoms. The van der Waals surface area contributed by atoms with E-state index in [-0.39, 0.29) is 18.0 Å². The number of carbonyl (C=O) groups excluding carboxylic acids is 1. The van der Waals surface area contributed by atoms with Crippen LogP contribution in [0, 0.1) is 5.92 Å². The van der Waals surface area contributed by atoms with Gasteiger partial charge in [-0.1, -0.05) is 43.2 Å². The molecule has 2 heterocycles. The van der Waals surface area contributed by atoms with Gasteiger partial charge in [-0.3, -0.25) is 0 Å². The topological polar surface area (TPSA) is 53.0 Å². The highest BCUT2D eigenvalue weighted by Gasteiger charge is 2.50. The van der Waals surface area contributed by atoms with E-state index in [9.17, 15) is 9.90 Å². The average molecular weight is 344 g/mol. The zero-order chi connectivity index (χ0) is 17.3. The van der Waals surface area contributed by atoms with Gasteiger partial charge in [0.15, 0.2) is 0 Å². The number of carbonyl (C=O) groups is 1. The molecule has 0 radical (unpaired) electrons. The van der Waals surface area contributed by atoms with Gasteiger partial charge in [-0.05, 0) is 24.8 Å². The molecule has 2 amide bonds. The molecule has 1 aliphatic carbocycles. The highest BCUT2D eigenvalue weighted by Crippen LogP contribution is 2.47. The van der Waals surface area contributed by atoms with Crippen LogP contribution in [0.15, 0.2) is 30.3 Å². The number of nitrogens with zero attached hydrogens (tertiary/aromatic N) is 2. The number of rotatable bonds is 1. The summed E-state index contributed by atoms with van der Waals surface area (Å²) in [5.41, 5.74) is 0.194. The molecule has 1 saturated carbocycles. The Kier molecular flexibility index (Phi) is 4.69. The molecule has 0 bridgehead atoms. The highest BCUT2D eigenvalue weighted by atomic mass is 16.5. The second kappa shape index (κ2) is 6.96. The minimum atomic E-state index is -0.811. The van der Waals surface area contributed by atoms with E-state index in [4.69, 9.17) is 4.74 Å². The summed E-state index contributed by atoms with van der Waals surface area (Å²) < 4.78 is 5.38. The maximum atomic E-state index is 13.1. The summed E-state index contributed by atoms with van der Waals surface area (Å²) in [7, 11) is 0. The Morgan fingerprint density at radius 2 is 1.80 bits per heavy atom. The lowest BCUT2D eigenvalue weighted by Gasteiger charge is -2.53. The van der Waals surface area contributed by atoms with Gasteiger partial charge >= 0.3 is 6.03 Å². The number of aliphatic hydroxyl groups is 1. The van der Waals surface area contributed by atoms with Crippen LogP contribution in [-0.2, 0) is 10.3 Å². The first-order valence-corrected chi connectivity index (χ1v) is 9.61. The van der Waals surface area contributed by atoms with Gasteiger partial charge in [0.05, 0.1) is 18.8 Å². The normalized spacial score (nSPS) is 33.0. The third-order valence-electron chi connectivity index (χ3n) is 6.28. The van der Waals surface area contributed by atoms with Crippen molar-refractivity contribution in [1.82, 2.24) is 9.80 Å². The quantitative estimate of drug-likeness (QED) is 0.852. The molecule has 5 nitrogen and oxygen atoms in total. The van der Waals surface area contributed by atoms with Gasteiger partial charge in [-0.15, -0.1) is 0 Å². The summed E-state index contributed by atoms with van der Waals surface area (Å²) >= 11 is 0. The van der Waals surface area contributed by atoms with Gasteiger partial charge in [-0.25, -0.2) is 4.79 Å². The first kappa shape index (κ1) is 16.9. The molecule has 3 fully saturated rings. The van der Waals surface area contributed by atoms with Crippen molar-refractivity contribution in [1.29, 1.82) is 0 Å². The smallest absolute Gasteiger partial charge is 0.320 e. The fourth-order valence-electron chi connectivity index (χ4n) is 4.94. The SMILES string of the molecule is O=C(N1CCOCC1)N1CC[C@@](O)(c2ccccc2)[C@H]2CCCC[C@@H]21. The summed E-state index contributed by atoms with van der Waals surface area (Å²) in [4.78, 5) is 17.0. The lowest BCUT2D eigenvalue weighted by Crippen LogP contribution is -2.62. The minimum Gasteiger partial charge on any atom is -0.385 e. The molecule has 1 N–H and O–H groups in total. The molecule has 25 heavy (non-hydrogen) atoms. The van der Waals surface area contributed by atoms with E-state index in [1.165, 1.54) is 0 Å². The summed E-state index contributed by atoms with van der Waals surface area (Å²) in [6.07, 6.45) is 4.88. The number of hydrogen-bond acceptors (Lipinski definition) is 3. The molecule has 1 aromatic carbocycles. The fraction of sp³-hybridized carbons (Fsp3) is 0.650. The predicted molar refractivity (Wildman–Crippen MR) is 95.2 cm³/mol. The largest absolute Gasteiger partial charge is 0.385 e. The van der Waals surface area contributed by atoms with E-state index in [0.717, 1.165) is 31.2 Å². The molecular formula is C20H28N2O3. The number of likely N-dealkylation sites (tertiary alicyclic amines) is 1. The molecule has 136 valence electrons. The monoisotopic (exact) mass is 344 g/mol. The van der Waals surface area contributed by atoms with Crippen molar-refractivity contribution >= 4 is 6.03 Å². The van der Waals surface area contributed by atoms with Gasteiger partial charge < -0.3 is 19.6 Å². The van der Waals surface area contributed by atoms with Crippen molar-refractivity contribution in [2.24, 2.45) is 5.92 Å². The van der Waals surface area contributed by atoms with Crippen molar-refractivity contribution in [3.63, 3.8) is 0 Å². The molecule has 3 atom stereocenters. The van der Waals surface area contributed by atoms with Gasteiger partial charge in [0.1, 0.15) is 0 Å². The Morgan fingerprint density at radius 1 is 1.08 bits per heavy atom. The van der Waals surface area contributed by atoms with Crippen LogP contribution in [0.4, 0.5) is 4.79 Å². The van der Waals surface area contributed by atoms with Crippen LogP contribution in [0.1, 0.15) is 37.7 Å². The lowest BCUT2D eigenvalue weighted by atomic mass is 9.66. The van der Waals surface area contributed by atoms with Gasteiger partial charge in [-0.2, -0.15) is 0 Å². The predicted octanol–water partition coefficient (Wildman–Crippen LogP) is 2.59. The molecule has 0 spiro atoms. The van der Waals surface area contributed by atoms with E-state index >= 15 is 0 Å². The molecule has 1 aromatic rings. The van der Waals surface area contributed by atoms with Crippen molar-refractivity contribution in [3.8, 4) is 0 Å². The molecule has 0 aromatic heterocycles. The molecule has 2 saturated heterocycles. The van der Waals surface area contributed by atoms with Crippen molar-refractivity contribution < 1.29 is 14.6 Å². The van der Waals surface area contributed by atoms with E-state index < -0.39 is 5.60 Å². The number of ether oxygens (including phenoxy) is 1. The third-order valence-corrected chi connectivity index (χ3v) is 6.28. The van der Waals surface area contributed by atoms with Crippen LogP contribution in [-0.4, -0.2) is 59.8 Å². The third kappa shape index (κ3) is 3.04. The number of urea groups is 1.